The van der Waals surface area contributed by atoms with Gasteiger partial charge in [-0.05, 0) is 37.9 Å². The highest BCUT2D eigenvalue weighted by Gasteiger charge is 2.30. The monoisotopic (exact) mass is 296 g/mol. The van der Waals surface area contributed by atoms with E-state index in [1.54, 1.807) is 0 Å². The predicted molar refractivity (Wildman–Crippen MR) is 80.4 cm³/mol. The van der Waals surface area contributed by atoms with Crippen molar-refractivity contribution in [3.05, 3.63) is 5.28 Å². The summed E-state index contributed by atoms with van der Waals surface area (Å²) in [5.74, 6) is 1.26. The molecule has 0 amide bonds. The third kappa shape index (κ3) is 2.96. The van der Waals surface area contributed by atoms with E-state index in [1.807, 2.05) is 6.92 Å². The average Bonchev–Trinajstić information content (AvgIpc) is 2.46. The van der Waals surface area contributed by atoms with Crippen LogP contribution in [0, 0.1) is 0 Å². The predicted octanol–water partition coefficient (Wildman–Crippen LogP) is 1.63. The summed E-state index contributed by atoms with van der Waals surface area (Å²) in [4.78, 5) is 17.7. The highest BCUT2D eigenvalue weighted by Crippen LogP contribution is 2.24. The van der Waals surface area contributed by atoms with Crippen molar-refractivity contribution >= 4 is 23.5 Å². The molecule has 1 aromatic heterocycles. The minimum atomic E-state index is 0.261. The van der Waals surface area contributed by atoms with Gasteiger partial charge in [-0.3, -0.25) is 4.90 Å². The smallest absolute Gasteiger partial charge is 0.231 e. The van der Waals surface area contributed by atoms with Gasteiger partial charge in [-0.25, -0.2) is 0 Å². The van der Waals surface area contributed by atoms with Crippen molar-refractivity contribution in [3.8, 4) is 0 Å². The number of rotatable bonds is 3. The zero-order chi connectivity index (χ0) is 13.9. The molecule has 6 nitrogen and oxygen atoms in total. The number of hydrogen-bond donors (Lipinski definition) is 1. The van der Waals surface area contributed by atoms with Crippen molar-refractivity contribution in [3.63, 3.8) is 0 Å². The summed E-state index contributed by atoms with van der Waals surface area (Å²) >= 11 is 6.00. The molecule has 20 heavy (non-hydrogen) atoms. The molecule has 0 aromatic carbocycles. The minimum absolute atomic E-state index is 0.261. The first kappa shape index (κ1) is 13.8. The third-order valence-corrected chi connectivity index (χ3v) is 4.22. The molecule has 0 saturated carbocycles. The Kier molecular flexibility index (Phi) is 4.21. The second-order valence-corrected chi connectivity index (χ2v) is 5.73. The van der Waals surface area contributed by atoms with E-state index in [0.29, 0.717) is 17.9 Å². The van der Waals surface area contributed by atoms with Gasteiger partial charge >= 0.3 is 0 Å². The van der Waals surface area contributed by atoms with E-state index < -0.39 is 0 Å². The van der Waals surface area contributed by atoms with Crippen LogP contribution in [-0.4, -0.2) is 58.6 Å². The van der Waals surface area contributed by atoms with Crippen molar-refractivity contribution in [1.82, 2.24) is 19.9 Å². The first-order valence-corrected chi connectivity index (χ1v) is 7.78. The Hall–Kier alpha value is -1.14. The lowest BCUT2D eigenvalue weighted by atomic mass is 10.00. The summed E-state index contributed by atoms with van der Waals surface area (Å²) in [5.41, 5.74) is 0. The molecule has 2 fully saturated rings. The molecule has 110 valence electrons. The summed E-state index contributed by atoms with van der Waals surface area (Å²) < 4.78 is 0. The molecule has 0 spiro atoms. The molecule has 2 aliphatic rings. The second kappa shape index (κ2) is 6.10. The summed E-state index contributed by atoms with van der Waals surface area (Å²) in [6, 6.07) is 0.635. The van der Waals surface area contributed by atoms with Crippen LogP contribution in [0.25, 0.3) is 0 Å². The number of hydrogen-bond acceptors (Lipinski definition) is 6. The van der Waals surface area contributed by atoms with Crippen LogP contribution in [0.5, 0.6) is 0 Å². The Labute approximate surface area is 124 Å². The maximum Gasteiger partial charge on any atom is 0.231 e. The fourth-order valence-electron chi connectivity index (χ4n) is 3.06. The standard InChI is InChI=1S/C13H21ClN6/c1-2-15-12-16-11(14)17-13(18-12)20-8-7-19-6-4-3-5-10(19)9-20/h10H,2-9H2,1H3,(H,15,16,17,18). The SMILES string of the molecule is CCNc1nc(Cl)nc(N2CCN3CCCCC3C2)n1. The topological polar surface area (TPSA) is 57.2 Å². The summed E-state index contributed by atoms with van der Waals surface area (Å²) in [6.45, 7) is 7.06. The van der Waals surface area contributed by atoms with Gasteiger partial charge in [0.25, 0.3) is 0 Å². The number of nitrogens with zero attached hydrogens (tertiary/aromatic N) is 5. The van der Waals surface area contributed by atoms with Gasteiger partial charge in [-0.2, -0.15) is 15.0 Å². The minimum Gasteiger partial charge on any atom is -0.354 e. The Balaban J connectivity index is 1.75. The summed E-state index contributed by atoms with van der Waals surface area (Å²) in [5, 5.41) is 3.36. The molecule has 7 heteroatoms. The quantitative estimate of drug-likeness (QED) is 0.915. The Morgan fingerprint density at radius 3 is 2.95 bits per heavy atom. The number of piperazine rings is 1. The second-order valence-electron chi connectivity index (χ2n) is 5.39. The van der Waals surface area contributed by atoms with Gasteiger partial charge in [0, 0.05) is 32.2 Å². The molecule has 2 saturated heterocycles. The van der Waals surface area contributed by atoms with Gasteiger partial charge < -0.3 is 10.2 Å². The Bertz CT molecular complexity index is 468. The van der Waals surface area contributed by atoms with Crippen LogP contribution >= 0.6 is 11.6 Å². The lowest BCUT2D eigenvalue weighted by Gasteiger charge is -2.44. The van der Waals surface area contributed by atoms with Crippen molar-refractivity contribution in [2.75, 3.05) is 42.9 Å². The highest BCUT2D eigenvalue weighted by atomic mass is 35.5. The molecule has 3 rings (SSSR count). The Morgan fingerprint density at radius 2 is 2.10 bits per heavy atom. The summed E-state index contributed by atoms with van der Waals surface area (Å²) in [6.07, 6.45) is 3.93. The molecule has 1 N–H and O–H groups in total. The van der Waals surface area contributed by atoms with Crippen molar-refractivity contribution < 1.29 is 0 Å². The molecule has 0 radical (unpaired) electrons. The molecule has 1 atom stereocenters. The number of nitrogens with one attached hydrogen (secondary N) is 1. The maximum atomic E-state index is 6.00. The number of aromatic nitrogens is 3. The van der Waals surface area contributed by atoms with Gasteiger partial charge in [-0.1, -0.05) is 6.42 Å². The molecule has 0 aliphatic carbocycles. The molecule has 3 heterocycles. The third-order valence-electron chi connectivity index (χ3n) is 4.05. The van der Waals surface area contributed by atoms with Crippen LogP contribution in [0.1, 0.15) is 26.2 Å². The van der Waals surface area contributed by atoms with E-state index in [2.05, 4.69) is 30.1 Å². The van der Waals surface area contributed by atoms with Gasteiger partial charge in [0.1, 0.15) is 0 Å². The van der Waals surface area contributed by atoms with Gasteiger partial charge in [-0.15, -0.1) is 0 Å². The largest absolute Gasteiger partial charge is 0.354 e. The number of piperidine rings is 1. The highest BCUT2D eigenvalue weighted by molar-refractivity contribution is 6.28. The summed E-state index contributed by atoms with van der Waals surface area (Å²) in [7, 11) is 0. The van der Waals surface area contributed by atoms with Crippen LogP contribution in [-0.2, 0) is 0 Å². The van der Waals surface area contributed by atoms with Gasteiger partial charge in [0.2, 0.25) is 17.2 Å². The molecule has 2 aliphatic heterocycles. The van der Waals surface area contributed by atoms with E-state index in [9.17, 15) is 0 Å². The van der Waals surface area contributed by atoms with Crippen molar-refractivity contribution in [2.45, 2.75) is 32.2 Å². The van der Waals surface area contributed by atoms with E-state index in [4.69, 9.17) is 11.6 Å². The maximum absolute atomic E-state index is 6.00. The van der Waals surface area contributed by atoms with Crippen LogP contribution < -0.4 is 10.2 Å². The van der Waals surface area contributed by atoms with Crippen LogP contribution in [0.2, 0.25) is 5.28 Å². The van der Waals surface area contributed by atoms with Crippen molar-refractivity contribution in [2.24, 2.45) is 0 Å². The van der Waals surface area contributed by atoms with Gasteiger partial charge in [0.05, 0.1) is 0 Å². The molecular weight excluding hydrogens is 276 g/mol. The van der Waals surface area contributed by atoms with Crippen LogP contribution in [0.15, 0.2) is 0 Å². The fourth-order valence-corrected chi connectivity index (χ4v) is 3.21. The molecule has 1 aromatic rings. The zero-order valence-corrected chi connectivity index (χ0v) is 12.6. The van der Waals surface area contributed by atoms with E-state index in [-0.39, 0.29) is 5.28 Å². The van der Waals surface area contributed by atoms with Crippen molar-refractivity contribution in [1.29, 1.82) is 0 Å². The van der Waals surface area contributed by atoms with E-state index in [0.717, 1.165) is 26.2 Å². The molecule has 0 bridgehead atoms. The first-order chi connectivity index (χ1) is 9.76. The number of anilines is 2. The molecular formula is C13H21ClN6. The lowest BCUT2D eigenvalue weighted by molar-refractivity contribution is 0.133. The van der Waals surface area contributed by atoms with Crippen LogP contribution in [0.4, 0.5) is 11.9 Å². The van der Waals surface area contributed by atoms with Crippen LogP contribution in [0.3, 0.4) is 0 Å². The van der Waals surface area contributed by atoms with E-state index in [1.165, 1.54) is 25.8 Å². The normalized spacial score (nSPS) is 23.5. The fraction of sp³-hybridized carbons (Fsp3) is 0.769. The van der Waals surface area contributed by atoms with E-state index >= 15 is 0 Å². The first-order valence-electron chi connectivity index (χ1n) is 7.40. The lowest BCUT2D eigenvalue weighted by Crippen LogP contribution is -2.55. The Morgan fingerprint density at radius 1 is 1.20 bits per heavy atom. The average molecular weight is 297 g/mol. The zero-order valence-electron chi connectivity index (χ0n) is 11.8. The van der Waals surface area contributed by atoms with Gasteiger partial charge in [0.15, 0.2) is 0 Å². The number of halogens is 1. The number of fused-ring (bicyclic) bond motifs is 1. The molecule has 1 unspecified atom stereocenters.